The molecule has 1 spiro atoms. The lowest BCUT2D eigenvalue weighted by molar-refractivity contribution is -0.223. The van der Waals surface area contributed by atoms with Gasteiger partial charge < -0.3 is 9.84 Å². The van der Waals surface area contributed by atoms with E-state index < -0.39 is 5.60 Å². The third kappa shape index (κ3) is 1.56. The lowest BCUT2D eigenvalue weighted by Crippen LogP contribution is -2.65. The Balaban J connectivity index is 1.33. The highest BCUT2D eigenvalue weighted by Gasteiger charge is 2.82. The standard InChI is InChI=1S/C24H34O3/c1-21-7-4-13(25)12-23(21,26)17-10-14(17)19-16(21)5-8-22(2)20(19)15-11-18(15)24(22)6-3-9-27-24/h14-20,26H,3-12H2,1-2H3. The molecule has 1 saturated heterocycles. The van der Waals surface area contributed by atoms with Crippen LogP contribution in [0, 0.1) is 52.3 Å². The SMILES string of the molecule is CC12CCC(=O)CC1(O)C1CC1C1C2CCC2(C)C1C1CC1C21CCCO1. The van der Waals surface area contributed by atoms with E-state index in [2.05, 4.69) is 13.8 Å². The summed E-state index contributed by atoms with van der Waals surface area (Å²) in [5.74, 6) is 5.32. The Bertz CT molecular complexity index is 740. The van der Waals surface area contributed by atoms with Crippen molar-refractivity contribution in [2.45, 2.75) is 82.8 Å². The largest absolute Gasteiger partial charge is 0.389 e. The van der Waals surface area contributed by atoms with Gasteiger partial charge in [-0.15, -0.1) is 0 Å². The van der Waals surface area contributed by atoms with Gasteiger partial charge in [-0.2, -0.15) is 0 Å². The number of hydrogen-bond donors (Lipinski definition) is 1. The lowest BCUT2D eigenvalue weighted by Gasteiger charge is -2.64. The van der Waals surface area contributed by atoms with Gasteiger partial charge >= 0.3 is 0 Å². The maximum Gasteiger partial charge on any atom is 0.135 e. The van der Waals surface area contributed by atoms with E-state index in [9.17, 15) is 9.90 Å². The molecule has 6 saturated carbocycles. The second-order valence-electron chi connectivity index (χ2n) is 12.1. The van der Waals surface area contributed by atoms with Crippen LogP contribution in [-0.4, -0.2) is 28.7 Å². The number of ether oxygens (including phenoxy) is 1. The summed E-state index contributed by atoms with van der Waals surface area (Å²) in [6.07, 6.45) is 9.72. The first kappa shape index (κ1) is 16.4. The molecule has 148 valence electrons. The van der Waals surface area contributed by atoms with Crippen molar-refractivity contribution < 1.29 is 14.6 Å². The highest BCUT2D eigenvalue weighted by atomic mass is 16.5. The Morgan fingerprint density at radius 2 is 1.81 bits per heavy atom. The molecule has 11 atom stereocenters. The van der Waals surface area contributed by atoms with Gasteiger partial charge in [0, 0.05) is 30.3 Å². The maximum absolute atomic E-state index is 12.3. The Hall–Kier alpha value is -0.410. The Kier molecular flexibility index (Phi) is 2.74. The van der Waals surface area contributed by atoms with E-state index in [1.54, 1.807) is 0 Å². The second-order valence-corrected chi connectivity index (χ2v) is 12.1. The van der Waals surface area contributed by atoms with Crippen molar-refractivity contribution in [1.29, 1.82) is 0 Å². The van der Waals surface area contributed by atoms with Crippen LogP contribution in [0.15, 0.2) is 0 Å². The average Bonchev–Trinajstić information content (AvgIpc) is 3.53. The van der Waals surface area contributed by atoms with Gasteiger partial charge in [0.05, 0.1) is 11.2 Å². The number of Topliss-reactive ketones (excluding diaryl/α,β-unsaturated/α-hetero) is 1. The van der Waals surface area contributed by atoms with Crippen molar-refractivity contribution in [2.24, 2.45) is 52.3 Å². The van der Waals surface area contributed by atoms with Gasteiger partial charge in [-0.3, -0.25) is 4.79 Å². The van der Waals surface area contributed by atoms with Crippen molar-refractivity contribution in [3.8, 4) is 0 Å². The number of carbonyl (C=O) groups is 1. The molecule has 27 heavy (non-hydrogen) atoms. The van der Waals surface area contributed by atoms with Gasteiger partial charge in [0.2, 0.25) is 0 Å². The maximum atomic E-state index is 12.3. The van der Waals surface area contributed by atoms with Gasteiger partial charge in [-0.25, -0.2) is 0 Å². The van der Waals surface area contributed by atoms with Gasteiger partial charge in [-0.05, 0) is 86.4 Å². The van der Waals surface area contributed by atoms with Crippen molar-refractivity contribution in [1.82, 2.24) is 0 Å². The molecule has 3 nitrogen and oxygen atoms in total. The van der Waals surface area contributed by atoms with E-state index in [0.29, 0.717) is 41.8 Å². The van der Waals surface area contributed by atoms with E-state index in [1.807, 2.05) is 0 Å². The molecule has 0 amide bonds. The summed E-state index contributed by atoms with van der Waals surface area (Å²) in [6, 6.07) is 0. The van der Waals surface area contributed by atoms with Crippen LogP contribution in [0.1, 0.15) is 71.6 Å². The van der Waals surface area contributed by atoms with E-state index in [4.69, 9.17) is 4.74 Å². The Morgan fingerprint density at radius 3 is 2.59 bits per heavy atom. The van der Waals surface area contributed by atoms with E-state index in [-0.39, 0.29) is 11.0 Å². The van der Waals surface area contributed by atoms with Crippen LogP contribution in [-0.2, 0) is 9.53 Å². The van der Waals surface area contributed by atoms with Crippen molar-refractivity contribution >= 4 is 5.78 Å². The fraction of sp³-hybridized carbons (Fsp3) is 0.958. The zero-order chi connectivity index (χ0) is 18.4. The molecule has 1 aliphatic heterocycles. The van der Waals surface area contributed by atoms with E-state index in [0.717, 1.165) is 36.7 Å². The second kappa shape index (κ2) is 4.51. The number of fused-ring (bicyclic) bond motifs is 12. The average molecular weight is 371 g/mol. The fourth-order valence-corrected chi connectivity index (χ4v) is 10.5. The molecule has 0 aromatic heterocycles. The minimum Gasteiger partial charge on any atom is -0.389 e. The lowest BCUT2D eigenvalue weighted by atomic mass is 9.42. The van der Waals surface area contributed by atoms with E-state index >= 15 is 0 Å². The van der Waals surface area contributed by atoms with Gasteiger partial charge in [0.1, 0.15) is 5.78 Å². The third-order valence-electron chi connectivity index (χ3n) is 11.7. The molecule has 7 rings (SSSR count). The Morgan fingerprint density at radius 1 is 1.00 bits per heavy atom. The number of hydrogen-bond acceptors (Lipinski definition) is 3. The molecule has 0 aromatic carbocycles. The summed E-state index contributed by atoms with van der Waals surface area (Å²) in [4.78, 5) is 12.3. The molecular weight excluding hydrogens is 336 g/mol. The molecule has 1 N–H and O–H groups in total. The summed E-state index contributed by atoms with van der Waals surface area (Å²) in [6.45, 7) is 5.94. The minimum absolute atomic E-state index is 0.0404. The molecule has 7 aliphatic rings. The molecular formula is C24H34O3. The summed E-state index contributed by atoms with van der Waals surface area (Å²) in [5, 5.41) is 11.8. The first-order valence-electron chi connectivity index (χ1n) is 11.7. The zero-order valence-corrected chi connectivity index (χ0v) is 16.9. The summed E-state index contributed by atoms with van der Waals surface area (Å²) >= 11 is 0. The number of rotatable bonds is 0. The number of carbonyl (C=O) groups excluding carboxylic acids is 1. The van der Waals surface area contributed by atoms with Crippen LogP contribution in [0.4, 0.5) is 0 Å². The summed E-state index contributed by atoms with van der Waals surface area (Å²) in [5.41, 5.74) is -0.192. The number of aliphatic hydroxyl groups is 1. The molecule has 0 aromatic rings. The minimum atomic E-state index is -0.703. The highest BCUT2D eigenvalue weighted by molar-refractivity contribution is 5.81. The topological polar surface area (TPSA) is 46.5 Å². The van der Waals surface area contributed by atoms with Crippen LogP contribution >= 0.6 is 0 Å². The van der Waals surface area contributed by atoms with Crippen molar-refractivity contribution in [3.63, 3.8) is 0 Å². The van der Waals surface area contributed by atoms with E-state index in [1.165, 1.54) is 38.5 Å². The van der Waals surface area contributed by atoms with Gasteiger partial charge in [0.25, 0.3) is 0 Å². The smallest absolute Gasteiger partial charge is 0.135 e. The predicted octanol–water partition coefficient (Wildman–Crippen LogP) is 3.97. The molecule has 1 heterocycles. The molecule has 11 unspecified atom stereocenters. The number of ketones is 1. The summed E-state index contributed by atoms with van der Waals surface area (Å²) in [7, 11) is 0. The normalized spacial score (nSPS) is 68.0. The zero-order valence-electron chi connectivity index (χ0n) is 16.9. The van der Waals surface area contributed by atoms with Crippen LogP contribution in [0.2, 0.25) is 0 Å². The van der Waals surface area contributed by atoms with Crippen molar-refractivity contribution in [3.05, 3.63) is 0 Å². The Labute approximate surface area is 162 Å². The third-order valence-corrected chi connectivity index (χ3v) is 11.7. The van der Waals surface area contributed by atoms with Crippen LogP contribution in [0.5, 0.6) is 0 Å². The highest BCUT2D eigenvalue weighted by Crippen LogP contribution is 2.82. The summed E-state index contributed by atoms with van der Waals surface area (Å²) < 4.78 is 6.63. The van der Waals surface area contributed by atoms with Crippen LogP contribution in [0.3, 0.4) is 0 Å². The molecule has 3 heteroatoms. The first-order chi connectivity index (χ1) is 12.9. The quantitative estimate of drug-likeness (QED) is 0.702. The molecule has 6 aliphatic carbocycles. The predicted molar refractivity (Wildman–Crippen MR) is 101 cm³/mol. The molecule has 0 bridgehead atoms. The van der Waals surface area contributed by atoms with Crippen LogP contribution < -0.4 is 0 Å². The monoisotopic (exact) mass is 370 g/mol. The molecule has 7 fully saturated rings. The van der Waals surface area contributed by atoms with Crippen molar-refractivity contribution in [2.75, 3.05) is 6.61 Å². The van der Waals surface area contributed by atoms with Gasteiger partial charge in [-0.1, -0.05) is 13.8 Å². The fourth-order valence-electron chi connectivity index (χ4n) is 10.5. The van der Waals surface area contributed by atoms with Crippen LogP contribution in [0.25, 0.3) is 0 Å². The molecule has 0 radical (unpaired) electrons. The first-order valence-corrected chi connectivity index (χ1v) is 11.7. The van der Waals surface area contributed by atoms with Gasteiger partial charge in [0.15, 0.2) is 0 Å².